The molecule has 0 aromatic carbocycles. The highest BCUT2D eigenvalue weighted by Crippen LogP contribution is 2.68. The Morgan fingerprint density at radius 1 is 1.07 bits per heavy atom. The fourth-order valence-corrected chi connectivity index (χ4v) is 8.57. The number of hydrogen-bond donors (Lipinski definition) is 0. The number of carbonyl (C=O) groups is 2. The Hall–Kier alpha value is -0.860. The normalized spacial score (nSPS) is 47.7. The summed E-state index contributed by atoms with van der Waals surface area (Å²) in [7, 11) is 0. The molecule has 4 aliphatic rings. The highest BCUT2D eigenvalue weighted by Gasteiger charge is 2.60. The van der Waals surface area contributed by atoms with E-state index in [-0.39, 0.29) is 6.42 Å². The third-order valence-corrected chi connectivity index (χ3v) is 10.0. The Morgan fingerprint density at radius 3 is 2.56 bits per heavy atom. The Morgan fingerprint density at radius 2 is 1.81 bits per heavy atom. The summed E-state index contributed by atoms with van der Waals surface area (Å²) in [4.78, 5) is 23.0. The van der Waals surface area contributed by atoms with Crippen LogP contribution in [0, 0.1) is 46.3 Å². The van der Waals surface area contributed by atoms with Gasteiger partial charge in [-0.2, -0.15) is 0 Å². The van der Waals surface area contributed by atoms with Gasteiger partial charge in [0.1, 0.15) is 5.78 Å². The van der Waals surface area contributed by atoms with Gasteiger partial charge in [-0.05, 0) is 104 Å². The summed E-state index contributed by atoms with van der Waals surface area (Å²) in [5, 5.41) is 10.9. The second-order valence-corrected chi connectivity index (χ2v) is 11.0. The van der Waals surface area contributed by atoms with Crippen molar-refractivity contribution >= 4 is 11.8 Å². The molecule has 4 aliphatic carbocycles. The van der Waals surface area contributed by atoms with Gasteiger partial charge in [-0.15, -0.1) is 0 Å². The molecule has 3 heteroatoms. The first kappa shape index (κ1) is 19.5. The molecule has 3 nitrogen and oxygen atoms in total. The Labute approximate surface area is 164 Å². The van der Waals surface area contributed by atoms with Gasteiger partial charge >= 0.3 is 0 Å². The van der Waals surface area contributed by atoms with Gasteiger partial charge in [-0.3, -0.25) is 4.79 Å². The summed E-state index contributed by atoms with van der Waals surface area (Å²) in [6.07, 6.45) is 11.5. The van der Waals surface area contributed by atoms with E-state index >= 15 is 0 Å². The van der Waals surface area contributed by atoms with E-state index in [0.717, 1.165) is 43.4 Å². The lowest BCUT2D eigenvalue weighted by Crippen LogP contribution is -2.53. The van der Waals surface area contributed by atoms with Crippen LogP contribution in [0.15, 0.2) is 0 Å². The zero-order chi connectivity index (χ0) is 19.4. The lowest BCUT2D eigenvalue weighted by atomic mass is 9.44. The van der Waals surface area contributed by atoms with E-state index in [1.807, 2.05) is 0 Å². The molecule has 4 rings (SSSR count). The zero-order valence-electron chi connectivity index (χ0n) is 17.5. The number of aliphatic carboxylic acids is 1. The third-order valence-electron chi connectivity index (χ3n) is 10.0. The molecule has 0 N–H and O–H groups in total. The van der Waals surface area contributed by atoms with Crippen LogP contribution in [0.1, 0.15) is 91.4 Å². The molecule has 0 bridgehead atoms. The average Bonchev–Trinajstić information content (AvgIpc) is 2.97. The van der Waals surface area contributed by atoms with Crippen LogP contribution in [-0.4, -0.2) is 11.8 Å². The molecule has 4 fully saturated rings. The fourth-order valence-electron chi connectivity index (χ4n) is 8.57. The minimum atomic E-state index is -0.900. The van der Waals surface area contributed by atoms with Crippen LogP contribution in [0.3, 0.4) is 0 Å². The van der Waals surface area contributed by atoms with Crippen molar-refractivity contribution < 1.29 is 14.7 Å². The van der Waals surface area contributed by atoms with Crippen LogP contribution in [0.5, 0.6) is 0 Å². The Balaban J connectivity index is 1.52. The van der Waals surface area contributed by atoms with Gasteiger partial charge in [0.25, 0.3) is 0 Å². The number of Topliss-reactive ketones (excluding diaryl/α,β-unsaturated/α-hetero) is 1. The van der Waals surface area contributed by atoms with E-state index in [0.29, 0.717) is 34.4 Å². The van der Waals surface area contributed by atoms with Crippen molar-refractivity contribution in [2.75, 3.05) is 0 Å². The quantitative estimate of drug-likeness (QED) is 0.735. The third kappa shape index (κ3) is 3.08. The molecule has 152 valence electrons. The van der Waals surface area contributed by atoms with Gasteiger partial charge < -0.3 is 9.90 Å². The van der Waals surface area contributed by atoms with Crippen LogP contribution in [0.2, 0.25) is 0 Å². The zero-order valence-corrected chi connectivity index (χ0v) is 17.5. The predicted molar refractivity (Wildman–Crippen MR) is 104 cm³/mol. The average molecular weight is 374 g/mol. The lowest BCUT2D eigenvalue weighted by Gasteiger charge is -2.60. The van der Waals surface area contributed by atoms with E-state index < -0.39 is 5.97 Å². The topological polar surface area (TPSA) is 57.2 Å². The summed E-state index contributed by atoms with van der Waals surface area (Å²) in [6.45, 7) is 7.32. The highest BCUT2D eigenvalue weighted by molar-refractivity contribution is 5.79. The summed E-state index contributed by atoms with van der Waals surface area (Å²) >= 11 is 0. The number of carboxylic acids is 1. The minimum Gasteiger partial charge on any atom is -0.550 e. The van der Waals surface area contributed by atoms with Crippen LogP contribution in [-0.2, 0) is 9.59 Å². The largest absolute Gasteiger partial charge is 0.550 e. The highest BCUT2D eigenvalue weighted by atomic mass is 16.4. The summed E-state index contributed by atoms with van der Waals surface area (Å²) in [5.74, 6) is 3.82. The molecule has 27 heavy (non-hydrogen) atoms. The molecular formula is C24H37O3-. The second kappa shape index (κ2) is 6.88. The Kier molecular flexibility index (Phi) is 4.96. The molecule has 8 atom stereocenters. The van der Waals surface area contributed by atoms with Crippen molar-refractivity contribution in [1.29, 1.82) is 0 Å². The number of rotatable bonds is 4. The fraction of sp³-hybridized carbons (Fsp3) is 0.917. The van der Waals surface area contributed by atoms with Crippen LogP contribution < -0.4 is 5.11 Å². The standard InChI is InChI=1S/C24H38O3/c1-15(4-9-22(26)27)19-7-8-20-18-6-5-16-14-17(25)10-12-23(16,2)21(18)11-13-24(19,20)3/h15-16,18-21H,4-14H2,1-3H3,(H,26,27)/p-1/t15-,16+,18-,19+,20-,21-,23-,24+/m0/s1. The molecule has 0 aliphatic heterocycles. The lowest BCUT2D eigenvalue weighted by molar-refractivity contribution is -0.306. The van der Waals surface area contributed by atoms with Gasteiger partial charge in [-0.25, -0.2) is 0 Å². The van der Waals surface area contributed by atoms with E-state index in [1.165, 1.54) is 38.5 Å². The first-order valence-electron chi connectivity index (χ1n) is 11.5. The number of fused-ring (bicyclic) bond motifs is 5. The van der Waals surface area contributed by atoms with Crippen LogP contribution >= 0.6 is 0 Å². The van der Waals surface area contributed by atoms with Gasteiger partial charge in [0.15, 0.2) is 0 Å². The minimum absolute atomic E-state index is 0.207. The maximum atomic E-state index is 12.0. The molecule has 0 aromatic heterocycles. The predicted octanol–water partition coefficient (Wildman–Crippen LogP) is 4.38. The molecule has 0 radical (unpaired) electrons. The first-order valence-corrected chi connectivity index (χ1v) is 11.5. The smallest absolute Gasteiger partial charge is 0.133 e. The maximum absolute atomic E-state index is 12.0. The van der Waals surface area contributed by atoms with E-state index in [4.69, 9.17) is 0 Å². The number of hydrogen-bond acceptors (Lipinski definition) is 3. The molecular weight excluding hydrogens is 336 g/mol. The molecule has 0 saturated heterocycles. The van der Waals surface area contributed by atoms with Crippen LogP contribution in [0.25, 0.3) is 0 Å². The monoisotopic (exact) mass is 373 g/mol. The number of ketones is 1. The van der Waals surface area contributed by atoms with Gasteiger partial charge in [0.2, 0.25) is 0 Å². The maximum Gasteiger partial charge on any atom is 0.133 e. The van der Waals surface area contributed by atoms with Crippen molar-refractivity contribution in [2.45, 2.75) is 91.4 Å². The summed E-state index contributed by atoms with van der Waals surface area (Å²) < 4.78 is 0. The van der Waals surface area contributed by atoms with Gasteiger partial charge in [-0.1, -0.05) is 20.8 Å². The van der Waals surface area contributed by atoms with E-state index in [2.05, 4.69) is 20.8 Å². The second-order valence-electron chi connectivity index (χ2n) is 11.0. The molecule has 4 saturated carbocycles. The molecule has 0 spiro atoms. The van der Waals surface area contributed by atoms with Crippen molar-refractivity contribution in [1.82, 2.24) is 0 Å². The molecule has 0 aromatic rings. The van der Waals surface area contributed by atoms with Gasteiger partial charge in [0.05, 0.1) is 0 Å². The summed E-state index contributed by atoms with van der Waals surface area (Å²) in [6, 6.07) is 0. The van der Waals surface area contributed by atoms with Crippen molar-refractivity contribution in [3.63, 3.8) is 0 Å². The summed E-state index contributed by atoms with van der Waals surface area (Å²) in [5.41, 5.74) is 0.775. The van der Waals surface area contributed by atoms with Crippen molar-refractivity contribution in [3.05, 3.63) is 0 Å². The van der Waals surface area contributed by atoms with Crippen LogP contribution in [0.4, 0.5) is 0 Å². The van der Waals surface area contributed by atoms with Crippen molar-refractivity contribution in [3.8, 4) is 0 Å². The Bertz CT molecular complexity index is 613. The SMILES string of the molecule is C[C@@H](CCC(=O)[O-])[C@H]1CC[C@H]2[C@@H]3CC[C@@H]4CC(=O)CC[C@]4(C)[C@H]3CC[C@]12C. The number of carboxylic acid groups (broad SMARTS) is 1. The van der Waals surface area contributed by atoms with E-state index in [1.54, 1.807) is 0 Å². The first-order chi connectivity index (χ1) is 12.8. The molecule has 0 unspecified atom stereocenters. The van der Waals surface area contributed by atoms with Crippen molar-refractivity contribution in [2.24, 2.45) is 46.3 Å². The molecule has 0 amide bonds. The number of carbonyl (C=O) groups excluding carboxylic acids is 2. The molecule has 0 heterocycles. The van der Waals surface area contributed by atoms with Gasteiger partial charge in [0, 0.05) is 18.8 Å². The van der Waals surface area contributed by atoms with E-state index in [9.17, 15) is 14.7 Å².